The van der Waals surface area contributed by atoms with Crippen LogP contribution in [0.25, 0.3) is 0 Å². The number of nitrogens with zero attached hydrogens (tertiary/aromatic N) is 2. The van der Waals surface area contributed by atoms with Gasteiger partial charge in [0.25, 0.3) is 0 Å². The van der Waals surface area contributed by atoms with Gasteiger partial charge in [0.05, 0.1) is 12.4 Å². The van der Waals surface area contributed by atoms with E-state index < -0.39 is 42.1 Å². The lowest BCUT2D eigenvalue weighted by atomic mass is 10.1. The van der Waals surface area contributed by atoms with Gasteiger partial charge in [0, 0.05) is 24.9 Å². The predicted molar refractivity (Wildman–Crippen MR) is 108 cm³/mol. The van der Waals surface area contributed by atoms with E-state index in [1.165, 1.54) is 12.5 Å². The Morgan fingerprint density at radius 1 is 1.10 bits per heavy atom. The van der Waals surface area contributed by atoms with Gasteiger partial charge in [0.15, 0.2) is 0 Å². The fraction of sp³-hybridized carbons (Fsp3) is 0.667. The number of carboxylic acid groups (broad SMARTS) is 3. The minimum absolute atomic E-state index is 0.0261. The summed E-state index contributed by atoms with van der Waals surface area (Å²) in [5, 5.41) is 39.5. The largest absolute Gasteiger partial charge is 0.480 e. The number of hydrogen-bond donors (Lipinski definition) is 8. The third-order valence-electron chi connectivity index (χ3n) is 4.65. The van der Waals surface area contributed by atoms with Gasteiger partial charge in [0.2, 0.25) is 0 Å². The van der Waals surface area contributed by atoms with Crippen molar-refractivity contribution in [3.8, 4) is 0 Å². The Labute approximate surface area is 179 Å². The minimum Gasteiger partial charge on any atom is -0.480 e. The first-order chi connectivity index (χ1) is 14.7. The number of rotatable bonds is 17. The third-order valence-corrected chi connectivity index (χ3v) is 4.65. The first-order valence-electron chi connectivity index (χ1n) is 10.0. The summed E-state index contributed by atoms with van der Waals surface area (Å²) in [5.74, 6) is -3.80. The van der Waals surface area contributed by atoms with Crippen LogP contribution in [0.4, 0.5) is 0 Å². The smallest absolute Gasteiger partial charge is 0.323 e. The summed E-state index contributed by atoms with van der Waals surface area (Å²) < 4.78 is 0. The normalized spacial score (nSPS) is 15.4. The second kappa shape index (κ2) is 13.7. The highest BCUT2D eigenvalue weighted by Crippen LogP contribution is 2.11. The van der Waals surface area contributed by atoms with Crippen LogP contribution in [-0.4, -0.2) is 84.2 Å². The van der Waals surface area contributed by atoms with Gasteiger partial charge >= 0.3 is 17.9 Å². The van der Waals surface area contributed by atoms with E-state index in [0.717, 1.165) is 11.5 Å². The van der Waals surface area contributed by atoms with Crippen LogP contribution < -0.4 is 16.6 Å². The fourth-order valence-corrected chi connectivity index (χ4v) is 2.84. The highest BCUT2D eigenvalue weighted by atomic mass is 16.4. The zero-order valence-corrected chi connectivity index (χ0v) is 17.4. The van der Waals surface area contributed by atoms with Gasteiger partial charge in [-0.2, -0.15) is 5.12 Å². The molecule has 9 N–H and O–H groups in total. The number of aliphatic hydroxyl groups is 1. The number of aromatic nitrogens is 2. The van der Waals surface area contributed by atoms with Crippen LogP contribution in [0, 0.1) is 0 Å². The summed E-state index contributed by atoms with van der Waals surface area (Å²) in [6.07, 6.45) is 3.23. The lowest BCUT2D eigenvalue weighted by Crippen LogP contribution is -2.64. The van der Waals surface area contributed by atoms with Gasteiger partial charge in [-0.25, -0.2) is 15.8 Å². The monoisotopic (exact) mass is 444 g/mol. The maximum absolute atomic E-state index is 11.9. The van der Waals surface area contributed by atoms with Crippen molar-refractivity contribution in [2.24, 2.45) is 5.73 Å². The van der Waals surface area contributed by atoms with Crippen molar-refractivity contribution in [3.05, 3.63) is 18.2 Å². The third kappa shape index (κ3) is 9.40. The number of aliphatic carboxylic acids is 3. The van der Waals surface area contributed by atoms with E-state index in [0.29, 0.717) is 12.1 Å². The quantitative estimate of drug-likeness (QED) is 0.135. The lowest BCUT2D eigenvalue weighted by molar-refractivity contribution is -0.156. The van der Waals surface area contributed by atoms with Gasteiger partial charge in [-0.15, -0.1) is 0 Å². The molecule has 0 aliphatic carbocycles. The summed E-state index contributed by atoms with van der Waals surface area (Å²) in [6.45, 7) is 1.81. The van der Waals surface area contributed by atoms with Crippen LogP contribution >= 0.6 is 0 Å². The maximum atomic E-state index is 11.9. The Kier molecular flexibility index (Phi) is 11.7. The Hall–Kier alpha value is -2.58. The zero-order chi connectivity index (χ0) is 23.4. The van der Waals surface area contributed by atoms with Crippen LogP contribution in [0.2, 0.25) is 0 Å². The molecule has 1 aromatic heterocycles. The summed E-state index contributed by atoms with van der Waals surface area (Å²) >= 11 is 0. The number of unbranched alkanes of at least 4 members (excludes halogenated alkanes) is 1. The van der Waals surface area contributed by atoms with Crippen LogP contribution in [0.3, 0.4) is 0 Å². The highest BCUT2D eigenvalue weighted by molar-refractivity contribution is 5.75. The van der Waals surface area contributed by atoms with E-state index in [-0.39, 0.29) is 32.2 Å². The van der Waals surface area contributed by atoms with Gasteiger partial charge < -0.3 is 31.1 Å². The maximum Gasteiger partial charge on any atom is 0.323 e. The molecule has 0 bridgehead atoms. The number of carbonyl (C=O) groups is 3. The van der Waals surface area contributed by atoms with E-state index in [2.05, 4.69) is 20.8 Å². The average molecular weight is 444 g/mol. The Morgan fingerprint density at radius 3 is 2.23 bits per heavy atom. The molecule has 13 heteroatoms. The molecule has 0 fully saturated rings. The fourth-order valence-electron chi connectivity index (χ4n) is 2.84. The van der Waals surface area contributed by atoms with Gasteiger partial charge in [-0.05, 0) is 19.3 Å². The highest BCUT2D eigenvalue weighted by Gasteiger charge is 2.33. The van der Waals surface area contributed by atoms with Gasteiger partial charge in [0.1, 0.15) is 18.1 Å². The van der Waals surface area contributed by atoms with Crippen LogP contribution in [0.5, 0.6) is 0 Å². The second-order valence-electron chi connectivity index (χ2n) is 7.15. The molecule has 176 valence electrons. The zero-order valence-electron chi connectivity index (χ0n) is 17.4. The molecule has 4 unspecified atom stereocenters. The van der Waals surface area contributed by atoms with Crippen molar-refractivity contribution < 1.29 is 34.8 Å². The predicted octanol–water partition coefficient (Wildman–Crippen LogP) is -1.09. The Balaban J connectivity index is 3.13. The summed E-state index contributed by atoms with van der Waals surface area (Å²) in [4.78, 5) is 42.0. The van der Waals surface area contributed by atoms with Crippen molar-refractivity contribution in [2.45, 2.75) is 69.7 Å². The average Bonchev–Trinajstić information content (AvgIpc) is 3.22. The molecular formula is C18H32N6O7. The summed E-state index contributed by atoms with van der Waals surface area (Å²) in [7, 11) is 0. The van der Waals surface area contributed by atoms with Crippen molar-refractivity contribution in [3.63, 3.8) is 0 Å². The van der Waals surface area contributed by atoms with E-state index in [1.54, 1.807) is 0 Å². The summed E-state index contributed by atoms with van der Waals surface area (Å²) in [5.41, 5.74) is 11.1. The molecule has 0 radical (unpaired) electrons. The van der Waals surface area contributed by atoms with E-state index in [1.807, 2.05) is 6.92 Å². The Bertz CT molecular complexity index is 687. The molecule has 1 heterocycles. The molecule has 13 nitrogen and oxygen atoms in total. The number of nitrogens with one attached hydrogen (secondary N) is 3. The molecule has 1 rings (SSSR count). The molecule has 0 aliphatic heterocycles. The van der Waals surface area contributed by atoms with Crippen LogP contribution in [0.15, 0.2) is 12.5 Å². The number of hydrogen-bond acceptors (Lipinski definition) is 9. The number of nitrogens with two attached hydrogens (primary N) is 1. The molecular weight excluding hydrogens is 412 g/mol. The molecule has 0 aromatic carbocycles. The first kappa shape index (κ1) is 26.5. The number of hydrazine groups is 2. The number of aliphatic hydroxyl groups excluding tert-OH is 1. The van der Waals surface area contributed by atoms with Crippen molar-refractivity contribution >= 4 is 17.9 Å². The van der Waals surface area contributed by atoms with Crippen molar-refractivity contribution in [1.29, 1.82) is 0 Å². The van der Waals surface area contributed by atoms with Gasteiger partial charge in [-0.1, -0.05) is 19.8 Å². The summed E-state index contributed by atoms with van der Waals surface area (Å²) in [6, 6.07) is -3.79. The first-order valence-corrected chi connectivity index (χ1v) is 10.0. The number of H-pyrrole nitrogens is 1. The van der Waals surface area contributed by atoms with E-state index >= 15 is 0 Å². The van der Waals surface area contributed by atoms with Crippen molar-refractivity contribution in [2.75, 3.05) is 6.54 Å². The molecule has 0 spiro atoms. The SMILES string of the molecule is CCCCC(NN(NC(Cc1cnc[nH]1)C(=O)O)C(CCC(O)CN)C(=O)O)C(=O)O. The number of carboxylic acids is 3. The standard InChI is InChI=1S/C18H32N6O7/c1-2-3-4-13(16(26)27)22-24(15(18(30)31)6-5-12(25)8-19)23-14(17(28)29)7-11-9-20-10-21-11/h9-10,12-15,22-23,25H,2-8,19H2,1H3,(H,20,21)(H,26,27)(H,28,29)(H,30,31). The molecule has 4 atom stereocenters. The lowest BCUT2D eigenvalue weighted by Gasteiger charge is -2.34. The van der Waals surface area contributed by atoms with Crippen molar-refractivity contribution in [1.82, 2.24) is 25.9 Å². The molecule has 1 aromatic rings. The second-order valence-corrected chi connectivity index (χ2v) is 7.15. The van der Waals surface area contributed by atoms with E-state index in [4.69, 9.17) is 5.73 Å². The van der Waals surface area contributed by atoms with Crippen LogP contribution in [0.1, 0.15) is 44.7 Å². The van der Waals surface area contributed by atoms with Crippen LogP contribution in [-0.2, 0) is 20.8 Å². The molecule has 0 amide bonds. The topological polar surface area (TPSA) is 214 Å². The van der Waals surface area contributed by atoms with Gasteiger partial charge in [-0.3, -0.25) is 14.4 Å². The molecule has 0 aliphatic rings. The number of aromatic amines is 1. The number of imidazole rings is 1. The Morgan fingerprint density at radius 2 is 1.74 bits per heavy atom. The molecule has 0 saturated carbocycles. The molecule has 31 heavy (non-hydrogen) atoms. The molecule has 0 saturated heterocycles. The van der Waals surface area contributed by atoms with E-state index in [9.17, 15) is 34.8 Å². The minimum atomic E-state index is -1.37.